The maximum Gasteiger partial charge on any atom is 0.180 e. The first-order chi connectivity index (χ1) is 13.2. The summed E-state index contributed by atoms with van der Waals surface area (Å²) in [5.74, 6) is 0.757. The highest BCUT2D eigenvalue weighted by Crippen LogP contribution is 2.26. The van der Waals surface area contributed by atoms with Crippen LogP contribution in [0.5, 0.6) is 0 Å². The normalized spacial score (nSPS) is 13.0. The van der Waals surface area contributed by atoms with E-state index in [-0.39, 0.29) is 0 Å². The zero-order chi connectivity index (χ0) is 19.6. The number of aromatic nitrogens is 3. The molecule has 2 heterocycles. The fraction of sp³-hybridized carbons (Fsp3) is 0.227. The molecule has 0 amide bonds. The summed E-state index contributed by atoms with van der Waals surface area (Å²) in [4.78, 5) is 13.4. The van der Waals surface area contributed by atoms with Crippen molar-refractivity contribution in [3.05, 3.63) is 79.1 Å². The van der Waals surface area contributed by atoms with Crippen molar-refractivity contribution >= 4 is 23.3 Å². The third kappa shape index (κ3) is 4.91. The van der Waals surface area contributed by atoms with Gasteiger partial charge < -0.3 is 9.72 Å². The first-order valence-corrected chi connectivity index (χ1v) is 9.07. The molecule has 0 atom stereocenters. The van der Waals surface area contributed by atoms with Crippen LogP contribution in [0, 0.1) is 0 Å². The average Bonchev–Trinajstić information content (AvgIpc) is 3.16. The van der Waals surface area contributed by atoms with Gasteiger partial charge in [-0.3, -0.25) is 4.99 Å². The van der Waals surface area contributed by atoms with Crippen LogP contribution in [0.15, 0.2) is 78.4 Å². The van der Waals surface area contributed by atoms with E-state index in [1.165, 1.54) is 6.20 Å². The molecule has 0 saturated carbocycles. The molecular weight excluding hydrogens is 334 g/mol. The van der Waals surface area contributed by atoms with Crippen molar-refractivity contribution in [1.29, 1.82) is 0 Å². The Labute approximate surface area is 161 Å². The Bertz CT molecular complexity index is 925. The second kappa shape index (κ2) is 10.1. The van der Waals surface area contributed by atoms with E-state index in [1.54, 1.807) is 12.4 Å². The van der Waals surface area contributed by atoms with Crippen LogP contribution in [0.4, 0.5) is 5.82 Å². The Kier molecular flexibility index (Phi) is 7.49. The molecule has 0 bridgehead atoms. The van der Waals surface area contributed by atoms with Crippen LogP contribution in [0.1, 0.15) is 32.9 Å². The molecule has 0 radical (unpaired) electrons. The fourth-order valence-corrected chi connectivity index (χ4v) is 2.63. The molecule has 0 fully saturated rings. The maximum atomic E-state index is 4.79. The number of fused-ring (bicyclic) bond motifs is 1. The number of hydrogen-bond donors (Lipinski definition) is 1. The summed E-state index contributed by atoms with van der Waals surface area (Å²) in [5.41, 5.74) is 4.29. The van der Waals surface area contributed by atoms with Gasteiger partial charge in [-0.15, -0.1) is 0 Å². The van der Waals surface area contributed by atoms with Crippen molar-refractivity contribution in [2.24, 2.45) is 4.99 Å². The van der Waals surface area contributed by atoms with Gasteiger partial charge in [0.1, 0.15) is 0 Å². The molecule has 0 aliphatic heterocycles. The molecule has 2 aromatic rings. The lowest BCUT2D eigenvalue weighted by Crippen LogP contribution is -2.07. The fourth-order valence-electron chi connectivity index (χ4n) is 2.63. The van der Waals surface area contributed by atoms with Crippen molar-refractivity contribution in [3.8, 4) is 0 Å². The minimum absolute atomic E-state index is 0.757. The van der Waals surface area contributed by atoms with E-state index in [4.69, 9.17) is 4.98 Å². The smallest absolute Gasteiger partial charge is 0.180 e. The summed E-state index contributed by atoms with van der Waals surface area (Å²) in [5, 5.41) is 3.36. The quantitative estimate of drug-likeness (QED) is 0.491. The molecule has 0 aromatic carbocycles. The third-order valence-corrected chi connectivity index (χ3v) is 3.86. The number of anilines is 1. The van der Waals surface area contributed by atoms with Crippen molar-refractivity contribution in [1.82, 2.24) is 14.4 Å². The highest BCUT2D eigenvalue weighted by Gasteiger charge is 2.13. The molecule has 0 aliphatic rings. The van der Waals surface area contributed by atoms with Gasteiger partial charge in [0.25, 0.3) is 0 Å². The first kappa shape index (κ1) is 20.1. The van der Waals surface area contributed by atoms with Gasteiger partial charge in [-0.1, -0.05) is 44.4 Å². The zero-order valence-electron chi connectivity index (χ0n) is 16.3. The predicted molar refractivity (Wildman–Crippen MR) is 116 cm³/mol. The molecule has 2 rings (SSSR count). The molecule has 0 spiro atoms. The van der Waals surface area contributed by atoms with Crippen molar-refractivity contribution < 1.29 is 0 Å². The van der Waals surface area contributed by atoms with Crippen LogP contribution in [-0.2, 0) is 0 Å². The van der Waals surface area contributed by atoms with Crippen LogP contribution in [0.25, 0.3) is 11.2 Å². The summed E-state index contributed by atoms with van der Waals surface area (Å²) in [6, 6.07) is 0. The molecule has 0 unspecified atom stereocenters. The minimum Gasteiger partial charge on any atom is -0.367 e. The first-order valence-electron chi connectivity index (χ1n) is 9.07. The largest absolute Gasteiger partial charge is 0.367 e. The highest BCUT2D eigenvalue weighted by atomic mass is 15.1. The van der Waals surface area contributed by atoms with Crippen molar-refractivity contribution in [3.63, 3.8) is 0 Å². The summed E-state index contributed by atoms with van der Waals surface area (Å²) < 4.78 is 1.96. The lowest BCUT2D eigenvalue weighted by atomic mass is 9.98. The molecule has 27 heavy (non-hydrogen) atoms. The number of allylic oxidation sites excluding steroid dienone is 7. The Hall–Kier alpha value is -3.21. The zero-order valence-corrected chi connectivity index (χ0v) is 16.3. The average molecular weight is 361 g/mol. The summed E-state index contributed by atoms with van der Waals surface area (Å²) in [6.07, 6.45) is 17.9. The molecule has 5 nitrogen and oxygen atoms in total. The summed E-state index contributed by atoms with van der Waals surface area (Å²) >= 11 is 0. The van der Waals surface area contributed by atoms with Gasteiger partial charge in [0.05, 0.1) is 5.69 Å². The van der Waals surface area contributed by atoms with Gasteiger partial charge in [-0.05, 0) is 25.8 Å². The Balaban J connectivity index is 2.61. The summed E-state index contributed by atoms with van der Waals surface area (Å²) in [7, 11) is 0. The standard InChI is InChI=1S/C22H27N5/c1-6-10-18(15-23-9-4)19(11-7-2)17(5)20-16-27-14-13-25-22(27)21(26-20)24-12-8-3/h6-7,9-11,13-16H,4-5,8,12H2,1-3H3,(H,24,26)/b10-6-,11-7-,19-18-,23-15?. The van der Waals surface area contributed by atoms with E-state index in [2.05, 4.69) is 35.4 Å². The van der Waals surface area contributed by atoms with Crippen molar-refractivity contribution in [2.75, 3.05) is 11.9 Å². The number of aliphatic imine (C=N–C) groups is 1. The molecular formula is C22H27N5. The monoisotopic (exact) mass is 361 g/mol. The van der Waals surface area contributed by atoms with Gasteiger partial charge in [0.2, 0.25) is 0 Å². The Morgan fingerprint density at radius 3 is 2.74 bits per heavy atom. The van der Waals surface area contributed by atoms with Crippen LogP contribution < -0.4 is 5.32 Å². The molecule has 5 heteroatoms. The second-order valence-electron chi connectivity index (χ2n) is 5.87. The van der Waals surface area contributed by atoms with E-state index >= 15 is 0 Å². The topological polar surface area (TPSA) is 54.6 Å². The molecule has 1 N–H and O–H groups in total. The van der Waals surface area contributed by atoms with Crippen molar-refractivity contribution in [2.45, 2.75) is 27.2 Å². The molecule has 0 aliphatic carbocycles. The lowest BCUT2D eigenvalue weighted by molar-refractivity contribution is 0.962. The molecule has 140 valence electrons. The van der Waals surface area contributed by atoms with Crippen LogP contribution in [0.2, 0.25) is 0 Å². The van der Waals surface area contributed by atoms with E-state index in [1.807, 2.05) is 54.9 Å². The Morgan fingerprint density at radius 2 is 2.07 bits per heavy atom. The van der Waals surface area contributed by atoms with Gasteiger partial charge in [0, 0.05) is 48.7 Å². The van der Waals surface area contributed by atoms with Gasteiger partial charge in [0.15, 0.2) is 11.5 Å². The van der Waals surface area contributed by atoms with E-state index < -0.39 is 0 Å². The Morgan fingerprint density at radius 1 is 1.30 bits per heavy atom. The third-order valence-electron chi connectivity index (χ3n) is 3.86. The minimum atomic E-state index is 0.757. The maximum absolute atomic E-state index is 4.79. The lowest BCUT2D eigenvalue weighted by Gasteiger charge is -2.13. The van der Waals surface area contributed by atoms with E-state index in [0.717, 1.165) is 46.8 Å². The number of nitrogens with one attached hydrogen (secondary N) is 1. The van der Waals surface area contributed by atoms with Gasteiger partial charge in [-0.2, -0.15) is 0 Å². The molecule has 0 saturated heterocycles. The van der Waals surface area contributed by atoms with E-state index in [0.29, 0.717) is 0 Å². The van der Waals surface area contributed by atoms with Crippen LogP contribution in [-0.4, -0.2) is 27.1 Å². The second-order valence-corrected chi connectivity index (χ2v) is 5.87. The predicted octanol–water partition coefficient (Wildman–Crippen LogP) is 5.23. The number of imidazole rings is 1. The highest BCUT2D eigenvalue weighted by molar-refractivity contribution is 5.93. The van der Waals surface area contributed by atoms with Gasteiger partial charge in [-0.25, -0.2) is 9.97 Å². The summed E-state index contributed by atoms with van der Waals surface area (Å²) in [6.45, 7) is 14.9. The number of hydrogen-bond acceptors (Lipinski definition) is 4. The van der Waals surface area contributed by atoms with Gasteiger partial charge >= 0.3 is 0 Å². The number of rotatable bonds is 9. The van der Waals surface area contributed by atoms with E-state index in [9.17, 15) is 0 Å². The van der Waals surface area contributed by atoms with Crippen LogP contribution >= 0.6 is 0 Å². The SMILES string of the molecule is C=CN=CC(/C=C\C)=C(/C=C\C)C(=C)c1cn2ccnc2c(NCCC)n1. The molecule has 2 aromatic heterocycles. The van der Waals surface area contributed by atoms with Crippen LogP contribution in [0.3, 0.4) is 0 Å². The number of nitrogens with zero attached hydrogens (tertiary/aromatic N) is 4.